The van der Waals surface area contributed by atoms with E-state index in [2.05, 4.69) is 10.4 Å². The van der Waals surface area contributed by atoms with Gasteiger partial charge in [-0.05, 0) is 26.2 Å². The molecule has 0 aromatic carbocycles. The second-order valence-corrected chi connectivity index (χ2v) is 4.32. The first-order chi connectivity index (χ1) is 5.21. The zero-order valence-electron chi connectivity index (χ0n) is 6.63. The second-order valence-electron chi connectivity index (χ2n) is 3.26. The third kappa shape index (κ3) is 1.08. The number of hydrogen-bond donors (Lipinski definition) is 1. The van der Waals surface area contributed by atoms with Crippen LogP contribution in [0.15, 0.2) is 5.38 Å². The summed E-state index contributed by atoms with van der Waals surface area (Å²) in [5, 5.41) is 3.21. The normalized spacial score (nSPS) is 21.3. The van der Waals surface area contributed by atoms with Crippen molar-refractivity contribution < 1.29 is 0 Å². The molecule has 1 heterocycles. The van der Waals surface area contributed by atoms with Crippen LogP contribution in [0.25, 0.3) is 0 Å². The lowest BCUT2D eigenvalue weighted by molar-refractivity contribution is 0.247. The summed E-state index contributed by atoms with van der Waals surface area (Å²) in [6.07, 6.45) is 3.47. The molecule has 11 heavy (non-hydrogen) atoms. The molecule has 1 aromatic heterocycles. The molecular formula is C8H12N2S. The average molecular weight is 168 g/mol. The van der Waals surface area contributed by atoms with E-state index in [9.17, 15) is 0 Å². The predicted molar refractivity (Wildman–Crippen MR) is 46.6 cm³/mol. The highest BCUT2D eigenvalue weighted by molar-refractivity contribution is 7.09. The number of rotatable bonds is 1. The highest BCUT2D eigenvalue weighted by Crippen LogP contribution is 2.38. The SMILES string of the molecule is Cc1nc(C2(N)CCC2)cs1. The van der Waals surface area contributed by atoms with E-state index < -0.39 is 0 Å². The van der Waals surface area contributed by atoms with E-state index in [1.54, 1.807) is 11.3 Å². The minimum absolute atomic E-state index is 0.0647. The molecule has 1 saturated carbocycles. The minimum Gasteiger partial charge on any atom is -0.320 e. The summed E-state index contributed by atoms with van der Waals surface area (Å²) in [7, 11) is 0. The first-order valence-corrected chi connectivity index (χ1v) is 4.80. The summed E-state index contributed by atoms with van der Waals surface area (Å²) >= 11 is 1.69. The molecule has 0 radical (unpaired) electrons. The number of nitrogens with zero attached hydrogens (tertiary/aromatic N) is 1. The van der Waals surface area contributed by atoms with Crippen LogP contribution in [0, 0.1) is 6.92 Å². The van der Waals surface area contributed by atoms with E-state index in [0.29, 0.717) is 0 Å². The van der Waals surface area contributed by atoms with Crippen LogP contribution in [0.4, 0.5) is 0 Å². The van der Waals surface area contributed by atoms with Gasteiger partial charge in [0.05, 0.1) is 16.2 Å². The van der Waals surface area contributed by atoms with Crippen LogP contribution >= 0.6 is 11.3 Å². The highest BCUT2D eigenvalue weighted by atomic mass is 32.1. The predicted octanol–water partition coefficient (Wildman–Crippen LogP) is 1.79. The number of aromatic nitrogens is 1. The molecule has 0 aliphatic heterocycles. The van der Waals surface area contributed by atoms with Crippen LogP contribution in [0.1, 0.15) is 30.0 Å². The topological polar surface area (TPSA) is 38.9 Å². The van der Waals surface area contributed by atoms with Crippen LogP contribution in [0.3, 0.4) is 0 Å². The number of hydrogen-bond acceptors (Lipinski definition) is 3. The van der Waals surface area contributed by atoms with Gasteiger partial charge in [-0.3, -0.25) is 0 Å². The largest absolute Gasteiger partial charge is 0.320 e. The number of nitrogens with two attached hydrogens (primary N) is 1. The zero-order chi connectivity index (χ0) is 7.90. The lowest BCUT2D eigenvalue weighted by atomic mass is 9.76. The monoisotopic (exact) mass is 168 g/mol. The Bertz CT molecular complexity index is 263. The maximum absolute atomic E-state index is 6.08. The van der Waals surface area contributed by atoms with Gasteiger partial charge in [-0.1, -0.05) is 0 Å². The van der Waals surface area contributed by atoms with Crippen molar-refractivity contribution in [2.24, 2.45) is 5.73 Å². The van der Waals surface area contributed by atoms with Gasteiger partial charge < -0.3 is 5.73 Å². The quantitative estimate of drug-likeness (QED) is 0.694. The van der Waals surface area contributed by atoms with Crippen molar-refractivity contribution >= 4 is 11.3 Å². The Morgan fingerprint density at radius 3 is 2.73 bits per heavy atom. The molecule has 2 N–H and O–H groups in total. The van der Waals surface area contributed by atoms with Crippen molar-refractivity contribution in [3.8, 4) is 0 Å². The lowest BCUT2D eigenvalue weighted by Gasteiger charge is -2.36. The summed E-state index contributed by atoms with van der Waals surface area (Å²) in [6, 6.07) is 0. The standard InChI is InChI=1S/C8H12N2S/c1-6-10-7(5-11-6)8(9)3-2-4-8/h5H,2-4,9H2,1H3. The van der Waals surface area contributed by atoms with Crippen LogP contribution in [-0.2, 0) is 5.54 Å². The lowest BCUT2D eigenvalue weighted by Crippen LogP contribution is -2.43. The summed E-state index contributed by atoms with van der Waals surface area (Å²) in [5.41, 5.74) is 7.12. The first kappa shape index (κ1) is 7.25. The first-order valence-electron chi connectivity index (χ1n) is 3.92. The maximum atomic E-state index is 6.08. The Labute approximate surface area is 70.5 Å². The Morgan fingerprint density at radius 2 is 2.36 bits per heavy atom. The molecular weight excluding hydrogens is 156 g/mol. The molecule has 0 saturated heterocycles. The summed E-state index contributed by atoms with van der Waals surface area (Å²) in [5.74, 6) is 0. The summed E-state index contributed by atoms with van der Waals surface area (Å²) in [4.78, 5) is 4.40. The van der Waals surface area contributed by atoms with Crippen LogP contribution in [0.5, 0.6) is 0 Å². The van der Waals surface area contributed by atoms with Crippen molar-refractivity contribution in [2.75, 3.05) is 0 Å². The van der Waals surface area contributed by atoms with E-state index in [1.165, 1.54) is 6.42 Å². The fourth-order valence-corrected chi connectivity index (χ4v) is 2.13. The van der Waals surface area contributed by atoms with Gasteiger partial charge in [0.25, 0.3) is 0 Å². The van der Waals surface area contributed by atoms with Gasteiger partial charge in [0.15, 0.2) is 0 Å². The van der Waals surface area contributed by atoms with E-state index in [1.807, 2.05) is 6.92 Å². The molecule has 3 heteroatoms. The summed E-state index contributed by atoms with van der Waals surface area (Å²) in [6.45, 7) is 2.02. The van der Waals surface area contributed by atoms with Crippen molar-refractivity contribution in [3.63, 3.8) is 0 Å². The van der Waals surface area contributed by atoms with E-state index in [4.69, 9.17) is 5.73 Å². The molecule has 60 valence electrons. The van der Waals surface area contributed by atoms with E-state index in [-0.39, 0.29) is 5.54 Å². The highest BCUT2D eigenvalue weighted by Gasteiger charge is 2.36. The maximum Gasteiger partial charge on any atom is 0.0898 e. The molecule has 0 amide bonds. The molecule has 1 aliphatic rings. The van der Waals surface area contributed by atoms with E-state index >= 15 is 0 Å². The zero-order valence-corrected chi connectivity index (χ0v) is 7.45. The fraction of sp³-hybridized carbons (Fsp3) is 0.625. The van der Waals surface area contributed by atoms with Crippen molar-refractivity contribution in [1.29, 1.82) is 0 Å². The molecule has 0 atom stereocenters. The number of thiazole rings is 1. The van der Waals surface area contributed by atoms with Gasteiger partial charge in [0, 0.05) is 5.38 Å². The van der Waals surface area contributed by atoms with Gasteiger partial charge >= 0.3 is 0 Å². The van der Waals surface area contributed by atoms with Crippen molar-refractivity contribution in [2.45, 2.75) is 31.7 Å². The third-order valence-corrected chi connectivity index (χ3v) is 3.15. The molecule has 2 rings (SSSR count). The smallest absolute Gasteiger partial charge is 0.0898 e. The van der Waals surface area contributed by atoms with Gasteiger partial charge in [0.1, 0.15) is 0 Å². The second kappa shape index (κ2) is 2.29. The Hall–Kier alpha value is -0.410. The van der Waals surface area contributed by atoms with Gasteiger partial charge in [0.2, 0.25) is 0 Å². The van der Waals surface area contributed by atoms with Crippen LogP contribution < -0.4 is 5.73 Å². The molecule has 0 bridgehead atoms. The Morgan fingerprint density at radius 1 is 1.64 bits per heavy atom. The molecule has 0 spiro atoms. The third-order valence-electron chi connectivity index (χ3n) is 2.37. The average Bonchev–Trinajstić information content (AvgIpc) is 2.31. The van der Waals surface area contributed by atoms with Crippen molar-refractivity contribution in [3.05, 3.63) is 16.1 Å². The Kier molecular flexibility index (Phi) is 1.51. The molecule has 1 fully saturated rings. The summed E-state index contributed by atoms with van der Waals surface area (Å²) < 4.78 is 0. The van der Waals surface area contributed by atoms with Crippen molar-refractivity contribution in [1.82, 2.24) is 4.98 Å². The van der Waals surface area contributed by atoms with Gasteiger partial charge in [-0.15, -0.1) is 11.3 Å². The van der Waals surface area contributed by atoms with Crippen LogP contribution in [-0.4, -0.2) is 4.98 Å². The van der Waals surface area contributed by atoms with E-state index in [0.717, 1.165) is 23.5 Å². The Balaban J connectivity index is 2.28. The number of aryl methyl sites for hydroxylation is 1. The van der Waals surface area contributed by atoms with Crippen LogP contribution in [0.2, 0.25) is 0 Å². The van der Waals surface area contributed by atoms with Gasteiger partial charge in [-0.2, -0.15) is 0 Å². The molecule has 1 aromatic rings. The molecule has 1 aliphatic carbocycles. The molecule has 2 nitrogen and oxygen atoms in total. The fourth-order valence-electron chi connectivity index (χ4n) is 1.41. The van der Waals surface area contributed by atoms with Gasteiger partial charge in [-0.25, -0.2) is 4.98 Å². The molecule has 0 unspecified atom stereocenters. The minimum atomic E-state index is -0.0647.